The van der Waals surface area contributed by atoms with Crippen LogP contribution in [0.4, 0.5) is 0 Å². The zero-order chi connectivity index (χ0) is 12.8. The highest BCUT2D eigenvalue weighted by Gasteiger charge is 2.04. The van der Waals surface area contributed by atoms with E-state index in [4.69, 9.17) is 9.47 Å². The molecule has 1 aromatic heterocycles. The van der Waals surface area contributed by atoms with Crippen molar-refractivity contribution in [2.75, 3.05) is 14.2 Å². The van der Waals surface area contributed by atoms with E-state index in [1.165, 1.54) is 11.3 Å². The molecule has 5 nitrogen and oxygen atoms in total. The summed E-state index contributed by atoms with van der Waals surface area (Å²) < 4.78 is 10.7. The summed E-state index contributed by atoms with van der Waals surface area (Å²) in [6, 6.07) is 7.75. The quantitative estimate of drug-likeness (QED) is 0.863. The maximum absolute atomic E-state index is 5.57. The van der Waals surface area contributed by atoms with Crippen molar-refractivity contribution in [2.45, 2.75) is 13.2 Å². The third-order valence-electron chi connectivity index (χ3n) is 2.30. The number of ether oxygens (including phenoxy) is 2. The number of rotatable bonds is 6. The molecule has 0 bridgehead atoms. The average molecular weight is 265 g/mol. The first-order valence-corrected chi connectivity index (χ1v) is 6.36. The van der Waals surface area contributed by atoms with Gasteiger partial charge >= 0.3 is 0 Å². The molecule has 1 heterocycles. The van der Waals surface area contributed by atoms with Gasteiger partial charge in [0.2, 0.25) is 0 Å². The Morgan fingerprint density at radius 2 is 2.00 bits per heavy atom. The van der Waals surface area contributed by atoms with Crippen LogP contribution in [0.15, 0.2) is 24.3 Å². The molecule has 2 rings (SSSR count). The van der Waals surface area contributed by atoms with E-state index in [2.05, 4.69) is 15.5 Å². The Labute approximate surface area is 110 Å². The summed E-state index contributed by atoms with van der Waals surface area (Å²) in [5.74, 6) is 0.839. The monoisotopic (exact) mass is 265 g/mol. The second-order valence-electron chi connectivity index (χ2n) is 3.63. The molecule has 2 aromatic rings. The van der Waals surface area contributed by atoms with Crippen LogP contribution in [0.5, 0.6) is 10.9 Å². The highest BCUT2D eigenvalue weighted by molar-refractivity contribution is 7.13. The zero-order valence-corrected chi connectivity index (χ0v) is 11.2. The van der Waals surface area contributed by atoms with Gasteiger partial charge in [-0.3, -0.25) is 0 Å². The SMILES string of the molecule is CNCc1nnc(OCc2ccc(OC)cc2)s1. The topological polar surface area (TPSA) is 56.3 Å². The van der Waals surface area contributed by atoms with Crippen molar-refractivity contribution in [1.29, 1.82) is 0 Å². The van der Waals surface area contributed by atoms with Crippen LogP contribution in [-0.2, 0) is 13.2 Å². The lowest BCUT2D eigenvalue weighted by atomic mass is 10.2. The van der Waals surface area contributed by atoms with Gasteiger partial charge in [-0.1, -0.05) is 28.6 Å². The van der Waals surface area contributed by atoms with Crippen molar-refractivity contribution in [3.8, 4) is 10.9 Å². The van der Waals surface area contributed by atoms with Crippen LogP contribution in [0.3, 0.4) is 0 Å². The van der Waals surface area contributed by atoms with Gasteiger partial charge in [0.1, 0.15) is 17.4 Å². The van der Waals surface area contributed by atoms with E-state index in [0.29, 0.717) is 18.3 Å². The van der Waals surface area contributed by atoms with Gasteiger partial charge in [-0.25, -0.2) is 0 Å². The number of aromatic nitrogens is 2. The van der Waals surface area contributed by atoms with Crippen LogP contribution in [0.1, 0.15) is 10.6 Å². The van der Waals surface area contributed by atoms with Crippen molar-refractivity contribution >= 4 is 11.3 Å². The van der Waals surface area contributed by atoms with Crippen LogP contribution >= 0.6 is 11.3 Å². The van der Waals surface area contributed by atoms with E-state index in [9.17, 15) is 0 Å². The minimum Gasteiger partial charge on any atom is -0.497 e. The normalized spacial score (nSPS) is 10.3. The predicted molar refractivity (Wildman–Crippen MR) is 70.0 cm³/mol. The molecule has 0 atom stereocenters. The van der Waals surface area contributed by atoms with Gasteiger partial charge < -0.3 is 14.8 Å². The molecule has 6 heteroatoms. The molecule has 0 fully saturated rings. The molecule has 96 valence electrons. The number of methoxy groups -OCH3 is 1. The van der Waals surface area contributed by atoms with Crippen LogP contribution in [-0.4, -0.2) is 24.4 Å². The minimum atomic E-state index is 0.484. The van der Waals surface area contributed by atoms with E-state index in [1.54, 1.807) is 7.11 Å². The zero-order valence-electron chi connectivity index (χ0n) is 10.3. The summed E-state index contributed by atoms with van der Waals surface area (Å²) in [5, 5.41) is 12.5. The third-order valence-corrected chi connectivity index (χ3v) is 3.13. The predicted octanol–water partition coefficient (Wildman–Crippen LogP) is 1.85. The van der Waals surface area contributed by atoms with Crippen molar-refractivity contribution in [1.82, 2.24) is 15.5 Å². The van der Waals surface area contributed by atoms with Crippen molar-refractivity contribution < 1.29 is 9.47 Å². The highest BCUT2D eigenvalue weighted by Crippen LogP contribution is 2.19. The summed E-state index contributed by atoms with van der Waals surface area (Å²) in [7, 11) is 3.52. The first kappa shape index (κ1) is 12.8. The van der Waals surface area contributed by atoms with Gasteiger partial charge in [-0.05, 0) is 24.7 Å². The van der Waals surface area contributed by atoms with Crippen LogP contribution < -0.4 is 14.8 Å². The second kappa shape index (κ2) is 6.32. The van der Waals surface area contributed by atoms with Gasteiger partial charge in [0.25, 0.3) is 5.19 Å². The Morgan fingerprint density at radius 1 is 1.22 bits per heavy atom. The molecular weight excluding hydrogens is 250 g/mol. The number of benzene rings is 1. The van der Waals surface area contributed by atoms with E-state index >= 15 is 0 Å². The molecule has 0 spiro atoms. The molecule has 0 aliphatic carbocycles. The number of hydrogen-bond donors (Lipinski definition) is 1. The van der Waals surface area contributed by atoms with E-state index in [0.717, 1.165) is 16.3 Å². The van der Waals surface area contributed by atoms with Gasteiger partial charge in [0.05, 0.1) is 7.11 Å². The summed E-state index contributed by atoms with van der Waals surface area (Å²) in [4.78, 5) is 0. The molecule has 18 heavy (non-hydrogen) atoms. The molecule has 1 aromatic carbocycles. The first-order valence-electron chi connectivity index (χ1n) is 5.54. The summed E-state index contributed by atoms with van der Waals surface area (Å²) in [6.07, 6.45) is 0. The summed E-state index contributed by atoms with van der Waals surface area (Å²) in [6.45, 7) is 1.20. The standard InChI is InChI=1S/C12H15N3O2S/c1-13-7-11-14-15-12(18-11)17-8-9-3-5-10(16-2)6-4-9/h3-6,13H,7-8H2,1-2H3. The maximum atomic E-state index is 5.57. The fraction of sp³-hybridized carbons (Fsp3) is 0.333. The lowest BCUT2D eigenvalue weighted by molar-refractivity contribution is 0.301. The van der Waals surface area contributed by atoms with E-state index in [1.807, 2.05) is 31.3 Å². The Bertz CT molecular complexity index is 484. The molecule has 0 amide bonds. The number of nitrogens with one attached hydrogen (secondary N) is 1. The Hall–Kier alpha value is -1.66. The average Bonchev–Trinajstić information content (AvgIpc) is 2.85. The molecule has 0 unspecified atom stereocenters. The number of nitrogens with zero attached hydrogens (tertiary/aromatic N) is 2. The van der Waals surface area contributed by atoms with Gasteiger partial charge in [-0.15, -0.1) is 5.10 Å². The number of hydrogen-bond acceptors (Lipinski definition) is 6. The Morgan fingerprint density at radius 3 is 2.67 bits per heavy atom. The van der Waals surface area contributed by atoms with Crippen LogP contribution in [0, 0.1) is 0 Å². The maximum Gasteiger partial charge on any atom is 0.294 e. The van der Waals surface area contributed by atoms with Gasteiger partial charge in [0, 0.05) is 6.54 Å². The Kier molecular flexibility index (Phi) is 4.49. The fourth-order valence-corrected chi connectivity index (χ4v) is 2.09. The molecule has 0 radical (unpaired) electrons. The first-order chi connectivity index (χ1) is 8.81. The van der Waals surface area contributed by atoms with Crippen LogP contribution in [0.25, 0.3) is 0 Å². The Balaban J connectivity index is 1.89. The van der Waals surface area contributed by atoms with Gasteiger partial charge in [0.15, 0.2) is 0 Å². The van der Waals surface area contributed by atoms with E-state index < -0.39 is 0 Å². The van der Waals surface area contributed by atoms with Gasteiger partial charge in [-0.2, -0.15) is 0 Å². The molecule has 0 saturated heterocycles. The largest absolute Gasteiger partial charge is 0.497 e. The van der Waals surface area contributed by atoms with Crippen molar-refractivity contribution in [3.05, 3.63) is 34.8 Å². The molecule has 0 aliphatic rings. The second-order valence-corrected chi connectivity index (χ2v) is 4.65. The lowest BCUT2D eigenvalue weighted by Crippen LogP contribution is -2.04. The van der Waals surface area contributed by atoms with E-state index in [-0.39, 0.29) is 0 Å². The minimum absolute atomic E-state index is 0.484. The smallest absolute Gasteiger partial charge is 0.294 e. The van der Waals surface area contributed by atoms with Crippen molar-refractivity contribution in [3.63, 3.8) is 0 Å². The summed E-state index contributed by atoms with van der Waals surface area (Å²) in [5.41, 5.74) is 1.07. The lowest BCUT2D eigenvalue weighted by Gasteiger charge is -2.03. The van der Waals surface area contributed by atoms with Crippen LogP contribution in [0.2, 0.25) is 0 Å². The molecular formula is C12H15N3O2S. The molecule has 1 N–H and O–H groups in total. The fourth-order valence-electron chi connectivity index (χ4n) is 1.39. The van der Waals surface area contributed by atoms with Crippen molar-refractivity contribution in [2.24, 2.45) is 0 Å². The third kappa shape index (κ3) is 3.41. The molecule has 0 saturated carbocycles. The molecule has 0 aliphatic heterocycles. The summed E-state index contributed by atoms with van der Waals surface area (Å²) >= 11 is 1.45. The highest BCUT2D eigenvalue weighted by atomic mass is 32.1.